The Bertz CT molecular complexity index is 1610. The number of rotatable bonds is 6. The van der Waals surface area contributed by atoms with Crippen LogP contribution in [-0.2, 0) is 4.79 Å². The molecule has 0 bridgehead atoms. The number of amides is 1. The van der Waals surface area contributed by atoms with E-state index in [2.05, 4.69) is 46.3 Å². The van der Waals surface area contributed by atoms with Crippen molar-refractivity contribution in [1.82, 2.24) is 9.88 Å². The van der Waals surface area contributed by atoms with E-state index in [1.54, 1.807) is 12.3 Å². The van der Waals surface area contributed by atoms with E-state index in [0.29, 0.717) is 11.1 Å². The van der Waals surface area contributed by atoms with Gasteiger partial charge in [0.1, 0.15) is 11.7 Å². The molecule has 4 aromatic rings. The van der Waals surface area contributed by atoms with Gasteiger partial charge in [-0.15, -0.1) is 0 Å². The van der Waals surface area contributed by atoms with Crippen molar-refractivity contribution in [2.24, 2.45) is 0 Å². The Morgan fingerprint density at radius 3 is 2.53 bits per heavy atom. The third-order valence-corrected chi connectivity index (χ3v) is 7.25. The molecule has 2 atom stereocenters. The van der Waals surface area contributed by atoms with E-state index in [-0.39, 0.29) is 37.5 Å². The molecular weight excluding hydrogens is 479 g/mol. The Kier molecular flexibility index (Phi) is 6.58. The zero-order valence-electron chi connectivity index (χ0n) is 21.7. The molecule has 6 nitrogen and oxygen atoms in total. The first kappa shape index (κ1) is 25.3. The summed E-state index contributed by atoms with van der Waals surface area (Å²) in [5.74, 6) is -0.563. The van der Waals surface area contributed by atoms with Gasteiger partial charge in [-0.2, -0.15) is 5.26 Å². The molecular formula is C31H29FN4O2. The molecule has 3 aromatic carbocycles. The molecule has 1 saturated heterocycles. The summed E-state index contributed by atoms with van der Waals surface area (Å²) in [6.07, 6.45) is 1.49. The van der Waals surface area contributed by atoms with Gasteiger partial charge < -0.3 is 9.80 Å². The largest absolute Gasteiger partial charge is 0.378 e. The maximum Gasteiger partial charge on any atom is 0.224 e. The first-order valence-corrected chi connectivity index (χ1v) is 12.7. The van der Waals surface area contributed by atoms with Gasteiger partial charge >= 0.3 is 0 Å². The van der Waals surface area contributed by atoms with Crippen LogP contribution in [0.5, 0.6) is 0 Å². The van der Waals surface area contributed by atoms with E-state index < -0.39 is 11.7 Å². The molecule has 1 aliphatic rings. The maximum atomic E-state index is 14.4. The molecule has 0 radical (unpaired) electrons. The lowest BCUT2D eigenvalue weighted by Crippen LogP contribution is -2.36. The molecule has 2 heterocycles. The SMILES string of the molecule is CN(C)c1ccc2cc(-c3ccc4nccc(C(=O)CCC(=O)N5CC(C)(F)C[C@H]5C#N)c4c3)ccc2c1. The van der Waals surface area contributed by atoms with Crippen molar-refractivity contribution in [2.75, 3.05) is 25.5 Å². The maximum absolute atomic E-state index is 14.4. The first-order chi connectivity index (χ1) is 18.1. The molecule has 5 rings (SSSR count). The fraction of sp³-hybridized carbons (Fsp3) is 0.290. The number of ketones is 1. The molecule has 1 fully saturated rings. The lowest BCUT2D eigenvalue weighted by atomic mass is 9.96. The lowest BCUT2D eigenvalue weighted by Gasteiger charge is -2.19. The van der Waals surface area contributed by atoms with Crippen molar-refractivity contribution in [2.45, 2.75) is 37.9 Å². The first-order valence-electron chi connectivity index (χ1n) is 12.7. The fourth-order valence-corrected chi connectivity index (χ4v) is 5.18. The summed E-state index contributed by atoms with van der Waals surface area (Å²) < 4.78 is 14.4. The minimum atomic E-state index is -1.59. The van der Waals surface area contributed by atoms with E-state index in [0.717, 1.165) is 33.0 Å². The topological polar surface area (TPSA) is 77.3 Å². The van der Waals surface area contributed by atoms with Crippen LogP contribution in [0.3, 0.4) is 0 Å². The van der Waals surface area contributed by atoms with Crippen molar-refractivity contribution in [3.05, 3.63) is 72.4 Å². The number of likely N-dealkylation sites (tertiary alicyclic amines) is 1. The average molecular weight is 509 g/mol. The summed E-state index contributed by atoms with van der Waals surface area (Å²) in [4.78, 5) is 33.7. The fourth-order valence-electron chi connectivity index (χ4n) is 5.18. The predicted octanol–water partition coefficient (Wildman–Crippen LogP) is 5.94. The highest BCUT2D eigenvalue weighted by Gasteiger charge is 2.43. The second-order valence-electron chi connectivity index (χ2n) is 10.4. The normalized spacial score (nSPS) is 19.0. The Labute approximate surface area is 221 Å². The van der Waals surface area contributed by atoms with Crippen molar-refractivity contribution in [3.8, 4) is 17.2 Å². The van der Waals surface area contributed by atoms with E-state index in [9.17, 15) is 19.2 Å². The van der Waals surface area contributed by atoms with Crippen LogP contribution in [0.25, 0.3) is 32.8 Å². The number of anilines is 1. The highest BCUT2D eigenvalue weighted by Crippen LogP contribution is 2.32. The quantitative estimate of drug-likeness (QED) is 0.302. The number of nitrogens with zero attached hydrogens (tertiary/aromatic N) is 4. The van der Waals surface area contributed by atoms with Gasteiger partial charge in [0, 0.05) is 56.2 Å². The second kappa shape index (κ2) is 9.86. The Hall–Kier alpha value is -4.31. The second-order valence-corrected chi connectivity index (χ2v) is 10.4. The molecule has 38 heavy (non-hydrogen) atoms. The summed E-state index contributed by atoms with van der Waals surface area (Å²) in [5, 5.41) is 12.3. The van der Waals surface area contributed by atoms with Crippen LogP contribution in [0.1, 0.15) is 36.5 Å². The number of benzene rings is 3. The number of carbonyl (C=O) groups excluding carboxylic acids is 2. The van der Waals surface area contributed by atoms with Gasteiger partial charge in [0.15, 0.2) is 5.78 Å². The monoisotopic (exact) mass is 508 g/mol. The molecule has 7 heteroatoms. The van der Waals surface area contributed by atoms with Crippen LogP contribution in [0.2, 0.25) is 0 Å². The third-order valence-electron chi connectivity index (χ3n) is 7.25. The molecule has 0 aliphatic carbocycles. The molecule has 0 saturated carbocycles. The number of carbonyl (C=O) groups is 2. The Morgan fingerprint density at radius 2 is 1.76 bits per heavy atom. The highest BCUT2D eigenvalue weighted by molar-refractivity contribution is 6.09. The lowest BCUT2D eigenvalue weighted by molar-refractivity contribution is -0.131. The summed E-state index contributed by atoms with van der Waals surface area (Å²) >= 11 is 0. The number of halogens is 1. The number of hydrogen-bond donors (Lipinski definition) is 0. The minimum Gasteiger partial charge on any atom is -0.378 e. The Balaban J connectivity index is 1.39. The molecule has 1 amide bonds. The molecule has 1 aromatic heterocycles. The molecule has 1 aliphatic heterocycles. The van der Waals surface area contributed by atoms with Crippen LogP contribution in [0.4, 0.5) is 10.1 Å². The van der Waals surface area contributed by atoms with Crippen LogP contribution in [0, 0.1) is 11.3 Å². The van der Waals surface area contributed by atoms with Crippen molar-refractivity contribution in [3.63, 3.8) is 0 Å². The van der Waals surface area contributed by atoms with Gasteiger partial charge in [-0.05, 0) is 65.2 Å². The van der Waals surface area contributed by atoms with E-state index in [4.69, 9.17) is 0 Å². The molecule has 0 N–H and O–H groups in total. The summed E-state index contributed by atoms with van der Waals surface area (Å²) in [6, 6.07) is 21.4. The average Bonchev–Trinajstić information content (AvgIpc) is 3.24. The van der Waals surface area contributed by atoms with Crippen LogP contribution < -0.4 is 4.90 Å². The van der Waals surface area contributed by atoms with Crippen LogP contribution in [0.15, 0.2) is 66.9 Å². The van der Waals surface area contributed by atoms with E-state index in [1.807, 2.05) is 38.4 Å². The van der Waals surface area contributed by atoms with Crippen LogP contribution >= 0.6 is 0 Å². The number of hydrogen-bond acceptors (Lipinski definition) is 5. The minimum absolute atomic E-state index is 0.00740. The predicted molar refractivity (Wildman–Crippen MR) is 148 cm³/mol. The van der Waals surface area contributed by atoms with Crippen molar-refractivity contribution >= 4 is 39.1 Å². The van der Waals surface area contributed by atoms with E-state index in [1.165, 1.54) is 11.8 Å². The van der Waals surface area contributed by atoms with Gasteiger partial charge in [0.05, 0.1) is 18.1 Å². The highest BCUT2D eigenvalue weighted by atomic mass is 19.1. The van der Waals surface area contributed by atoms with E-state index >= 15 is 0 Å². The third kappa shape index (κ3) is 4.95. The molecule has 1 unspecified atom stereocenters. The van der Waals surface area contributed by atoms with Gasteiger partial charge in [-0.25, -0.2) is 4.39 Å². The van der Waals surface area contributed by atoms with Crippen molar-refractivity contribution < 1.29 is 14.0 Å². The zero-order chi connectivity index (χ0) is 27.0. The van der Waals surface area contributed by atoms with Gasteiger partial charge in [0.2, 0.25) is 5.91 Å². The van der Waals surface area contributed by atoms with Crippen LogP contribution in [-0.4, -0.2) is 53.9 Å². The van der Waals surface area contributed by atoms with Gasteiger partial charge in [0.25, 0.3) is 0 Å². The summed E-state index contributed by atoms with van der Waals surface area (Å²) in [6.45, 7) is 1.27. The summed E-state index contributed by atoms with van der Waals surface area (Å²) in [7, 11) is 4.03. The zero-order valence-corrected chi connectivity index (χ0v) is 21.7. The number of aromatic nitrogens is 1. The number of pyridine rings is 1. The standard InChI is InChI=1S/C31H29FN4O2/c1-31(32)17-25(18-33)36(19-31)30(38)11-10-29(37)26-12-13-34-28-9-7-23(16-27(26)28)20-4-5-22-15-24(35(2)3)8-6-21(22)14-20/h4-9,12-16,25H,10-11,17,19H2,1-3H3/t25-,31?/m0/s1. The van der Waals surface area contributed by atoms with Crippen molar-refractivity contribution in [1.29, 1.82) is 5.26 Å². The van der Waals surface area contributed by atoms with Gasteiger partial charge in [-0.3, -0.25) is 14.6 Å². The molecule has 192 valence electrons. The number of alkyl halides is 1. The number of nitriles is 1. The Morgan fingerprint density at radius 1 is 1.05 bits per heavy atom. The summed E-state index contributed by atoms with van der Waals surface area (Å²) in [5.41, 5.74) is 2.73. The van der Waals surface area contributed by atoms with Gasteiger partial charge in [-0.1, -0.05) is 24.3 Å². The molecule has 0 spiro atoms. The number of fused-ring (bicyclic) bond motifs is 2. The number of Topliss-reactive ketones (excluding diaryl/α,β-unsaturated/α-hetero) is 1. The smallest absolute Gasteiger partial charge is 0.224 e.